The quantitative estimate of drug-likeness (QED) is 0.610. The van der Waals surface area contributed by atoms with Gasteiger partial charge in [-0.3, -0.25) is 4.79 Å². The number of hydrogen-bond acceptors (Lipinski definition) is 4. The fraction of sp³-hybridized carbons (Fsp3) is 0.286. The van der Waals surface area contributed by atoms with E-state index in [1.165, 1.54) is 11.0 Å². The van der Waals surface area contributed by atoms with E-state index in [1.54, 1.807) is 46.5 Å². The van der Waals surface area contributed by atoms with E-state index in [4.69, 9.17) is 14.7 Å². The fourth-order valence-electron chi connectivity index (χ4n) is 1.46. The Kier molecular flexibility index (Phi) is 4.95. The van der Waals surface area contributed by atoms with Crippen molar-refractivity contribution in [2.75, 3.05) is 28.3 Å². The number of hydrogen-bond donors (Lipinski definition) is 0. The summed E-state index contributed by atoms with van der Waals surface area (Å²) < 4.78 is 10.3. The van der Waals surface area contributed by atoms with Crippen molar-refractivity contribution in [2.45, 2.75) is 0 Å². The molecule has 0 fully saturated rings. The molecule has 100 valence electrons. The maximum atomic E-state index is 11.8. The zero-order chi connectivity index (χ0) is 14.4. The number of nitrogens with zero attached hydrogens (tertiary/aromatic N) is 2. The Morgan fingerprint density at radius 3 is 2.11 bits per heavy atom. The summed E-state index contributed by atoms with van der Waals surface area (Å²) in [7, 11) is 6.27. The molecule has 1 rings (SSSR count). The van der Waals surface area contributed by atoms with Crippen LogP contribution in [0.15, 0.2) is 23.8 Å². The Morgan fingerprint density at radius 2 is 1.74 bits per heavy atom. The number of nitriles is 1. The predicted octanol–water partition coefficient (Wildman–Crippen LogP) is 1.70. The lowest BCUT2D eigenvalue weighted by atomic mass is 10.1. The van der Waals surface area contributed by atoms with Crippen molar-refractivity contribution in [3.05, 3.63) is 29.3 Å². The lowest BCUT2D eigenvalue weighted by molar-refractivity contribution is -0.124. The second-order valence-corrected chi connectivity index (χ2v) is 4.02. The third-order valence-corrected chi connectivity index (χ3v) is 2.44. The van der Waals surface area contributed by atoms with Crippen LogP contribution < -0.4 is 9.47 Å². The van der Waals surface area contributed by atoms with Gasteiger partial charge in [-0.25, -0.2) is 0 Å². The molecule has 1 aromatic rings. The van der Waals surface area contributed by atoms with Crippen LogP contribution >= 0.6 is 0 Å². The molecular weight excluding hydrogens is 244 g/mol. The van der Waals surface area contributed by atoms with Crippen LogP contribution in [-0.2, 0) is 4.79 Å². The zero-order valence-electron chi connectivity index (χ0n) is 11.4. The van der Waals surface area contributed by atoms with Crippen LogP contribution in [0.25, 0.3) is 6.08 Å². The highest BCUT2D eigenvalue weighted by atomic mass is 16.5. The van der Waals surface area contributed by atoms with Gasteiger partial charge in [0, 0.05) is 20.2 Å². The van der Waals surface area contributed by atoms with E-state index in [9.17, 15) is 4.79 Å². The first kappa shape index (κ1) is 14.6. The minimum atomic E-state index is -0.343. The molecule has 0 aromatic heterocycles. The molecule has 0 saturated heterocycles. The van der Waals surface area contributed by atoms with Crippen LogP contribution in [0, 0.1) is 11.3 Å². The highest BCUT2D eigenvalue weighted by molar-refractivity contribution is 6.01. The van der Waals surface area contributed by atoms with Crippen molar-refractivity contribution in [1.82, 2.24) is 4.90 Å². The molecule has 0 unspecified atom stereocenters. The van der Waals surface area contributed by atoms with E-state index < -0.39 is 0 Å². The normalized spacial score (nSPS) is 10.6. The van der Waals surface area contributed by atoms with Gasteiger partial charge in [-0.2, -0.15) is 5.26 Å². The van der Waals surface area contributed by atoms with E-state index in [1.807, 2.05) is 6.07 Å². The number of methoxy groups -OCH3 is 2. The smallest absolute Gasteiger partial charge is 0.264 e. The average molecular weight is 260 g/mol. The number of rotatable bonds is 4. The summed E-state index contributed by atoms with van der Waals surface area (Å²) in [6.07, 6.45) is 1.51. The third-order valence-electron chi connectivity index (χ3n) is 2.44. The largest absolute Gasteiger partial charge is 0.497 e. The number of benzene rings is 1. The topological polar surface area (TPSA) is 62.6 Å². The molecule has 0 N–H and O–H groups in total. The first-order valence-electron chi connectivity index (χ1n) is 5.58. The number of carbonyl (C=O) groups excluding carboxylic acids is 1. The van der Waals surface area contributed by atoms with Crippen LogP contribution in [0.5, 0.6) is 11.5 Å². The summed E-state index contributed by atoms with van der Waals surface area (Å²) in [6.45, 7) is 0. The molecule has 0 aliphatic heterocycles. The molecule has 0 aliphatic rings. The highest BCUT2D eigenvalue weighted by Crippen LogP contribution is 2.24. The van der Waals surface area contributed by atoms with Crippen molar-refractivity contribution in [2.24, 2.45) is 0 Å². The Balaban J connectivity index is 3.22. The molecule has 0 bridgehead atoms. The van der Waals surface area contributed by atoms with E-state index in [0.717, 1.165) is 0 Å². The number of amides is 1. The SMILES string of the molecule is COc1cc(/C=C(\C#N)C(=O)N(C)C)cc(OC)c1. The molecule has 0 radical (unpaired) electrons. The molecule has 0 saturated carbocycles. The number of carbonyl (C=O) groups is 1. The van der Waals surface area contributed by atoms with Crippen molar-refractivity contribution in [3.63, 3.8) is 0 Å². The van der Waals surface area contributed by atoms with Gasteiger partial charge in [0.2, 0.25) is 0 Å². The monoisotopic (exact) mass is 260 g/mol. The molecule has 0 aliphatic carbocycles. The highest BCUT2D eigenvalue weighted by Gasteiger charge is 2.11. The molecule has 0 heterocycles. The maximum absolute atomic E-state index is 11.8. The minimum Gasteiger partial charge on any atom is -0.497 e. The van der Waals surface area contributed by atoms with Gasteiger partial charge in [0.05, 0.1) is 14.2 Å². The fourth-order valence-corrected chi connectivity index (χ4v) is 1.46. The van der Waals surface area contributed by atoms with Crippen LogP contribution in [0.2, 0.25) is 0 Å². The molecular formula is C14H16N2O3. The van der Waals surface area contributed by atoms with Gasteiger partial charge in [-0.05, 0) is 23.8 Å². The van der Waals surface area contributed by atoms with Crippen LogP contribution in [0.3, 0.4) is 0 Å². The van der Waals surface area contributed by atoms with Crippen LogP contribution in [0.1, 0.15) is 5.56 Å². The van der Waals surface area contributed by atoms with Crippen molar-refractivity contribution in [1.29, 1.82) is 5.26 Å². The Morgan fingerprint density at radius 1 is 1.21 bits per heavy atom. The lowest BCUT2D eigenvalue weighted by Gasteiger charge is -2.09. The standard InChI is InChI=1S/C14H16N2O3/c1-16(2)14(17)11(9-15)5-10-6-12(18-3)8-13(7-10)19-4/h5-8H,1-4H3/b11-5+. The summed E-state index contributed by atoms with van der Waals surface area (Å²) in [6, 6.07) is 7.06. The average Bonchev–Trinajstić information content (AvgIpc) is 2.43. The number of likely N-dealkylation sites (N-methyl/N-ethyl adjacent to an activating group) is 1. The zero-order valence-corrected chi connectivity index (χ0v) is 11.4. The van der Waals surface area contributed by atoms with Gasteiger partial charge in [-0.1, -0.05) is 0 Å². The summed E-state index contributed by atoms with van der Waals surface area (Å²) in [4.78, 5) is 13.1. The van der Waals surface area contributed by atoms with Crippen molar-refractivity contribution < 1.29 is 14.3 Å². The van der Waals surface area contributed by atoms with Gasteiger partial charge in [-0.15, -0.1) is 0 Å². The van der Waals surface area contributed by atoms with Gasteiger partial charge < -0.3 is 14.4 Å². The lowest BCUT2D eigenvalue weighted by Crippen LogP contribution is -2.22. The second kappa shape index (κ2) is 6.45. The molecule has 0 atom stereocenters. The molecule has 5 nitrogen and oxygen atoms in total. The van der Waals surface area contributed by atoms with Crippen LogP contribution in [-0.4, -0.2) is 39.1 Å². The first-order chi connectivity index (χ1) is 9.01. The first-order valence-corrected chi connectivity index (χ1v) is 5.58. The molecule has 0 spiro atoms. The molecule has 19 heavy (non-hydrogen) atoms. The van der Waals surface area contributed by atoms with E-state index >= 15 is 0 Å². The second-order valence-electron chi connectivity index (χ2n) is 4.02. The van der Waals surface area contributed by atoms with Crippen molar-refractivity contribution >= 4 is 12.0 Å². The van der Waals surface area contributed by atoms with Gasteiger partial charge in [0.15, 0.2) is 0 Å². The summed E-state index contributed by atoms with van der Waals surface area (Å²) in [5.74, 6) is 0.852. The van der Waals surface area contributed by atoms with E-state index in [2.05, 4.69) is 0 Å². The Labute approximate surface area is 112 Å². The maximum Gasteiger partial charge on any atom is 0.264 e. The van der Waals surface area contributed by atoms with Gasteiger partial charge in [0.1, 0.15) is 23.1 Å². The van der Waals surface area contributed by atoms with E-state index in [-0.39, 0.29) is 11.5 Å². The third kappa shape index (κ3) is 3.75. The Bertz CT molecular complexity index is 520. The van der Waals surface area contributed by atoms with Gasteiger partial charge >= 0.3 is 0 Å². The van der Waals surface area contributed by atoms with Gasteiger partial charge in [0.25, 0.3) is 5.91 Å². The van der Waals surface area contributed by atoms with Crippen LogP contribution in [0.4, 0.5) is 0 Å². The van der Waals surface area contributed by atoms with E-state index in [0.29, 0.717) is 17.1 Å². The van der Waals surface area contributed by atoms with Crippen molar-refractivity contribution in [3.8, 4) is 17.6 Å². The summed E-state index contributed by atoms with van der Waals surface area (Å²) in [5.41, 5.74) is 0.725. The number of ether oxygens (including phenoxy) is 2. The summed E-state index contributed by atoms with van der Waals surface area (Å²) in [5, 5.41) is 9.03. The minimum absolute atomic E-state index is 0.0558. The molecule has 5 heteroatoms. The predicted molar refractivity (Wildman–Crippen MR) is 71.8 cm³/mol. The molecule has 1 aromatic carbocycles. The Hall–Kier alpha value is -2.48. The molecule has 1 amide bonds. The summed E-state index contributed by atoms with van der Waals surface area (Å²) >= 11 is 0.